The summed E-state index contributed by atoms with van der Waals surface area (Å²) in [5, 5.41) is 12.3. The molecule has 0 spiro atoms. The van der Waals surface area contributed by atoms with E-state index in [0.717, 1.165) is 18.2 Å². The molecule has 0 aliphatic heterocycles. The molecule has 4 rings (SSSR count). The Morgan fingerprint density at radius 3 is 1.78 bits per heavy atom. The van der Waals surface area contributed by atoms with Crippen LogP contribution in [0.4, 0.5) is 32.0 Å². The second kappa shape index (κ2) is 9.59. The normalized spacial score (nSPS) is 12.9. The zero-order valence-electron chi connectivity index (χ0n) is 17.9. The molecule has 4 nitrogen and oxygen atoms in total. The summed E-state index contributed by atoms with van der Waals surface area (Å²) in [6, 6.07) is 11.7. The first kappa shape index (κ1) is 25.1. The van der Waals surface area contributed by atoms with Crippen molar-refractivity contribution in [1.82, 2.24) is 0 Å². The van der Waals surface area contributed by atoms with Crippen molar-refractivity contribution in [1.29, 1.82) is 0 Å². The molecule has 0 saturated heterocycles. The predicted octanol–water partition coefficient (Wildman–Crippen LogP) is 6.49. The van der Waals surface area contributed by atoms with E-state index in [1.165, 1.54) is 24.3 Å². The van der Waals surface area contributed by atoms with Gasteiger partial charge >= 0.3 is 0 Å². The number of nitro benzene ring substituents is 1. The standard InChI is InChI=1S/C25H12F6NO3Si/c26-14-9-18(28)22(19(29)10-14)16-7-4-8-17(24(16)32(33)34)25(35-36,13-5-2-1-3-6-13)23-20(30)11-15(27)12-21(23)31/h1-12H. The first-order valence-corrected chi connectivity index (χ1v) is 10.5. The fourth-order valence-corrected chi connectivity index (χ4v) is 4.51. The van der Waals surface area contributed by atoms with Crippen molar-refractivity contribution in [2.45, 2.75) is 5.60 Å². The van der Waals surface area contributed by atoms with E-state index in [1.807, 2.05) is 0 Å². The van der Waals surface area contributed by atoms with Gasteiger partial charge in [-0.15, -0.1) is 0 Å². The Bertz CT molecular complexity index is 1440. The predicted molar refractivity (Wildman–Crippen MR) is 118 cm³/mol. The highest BCUT2D eigenvalue weighted by molar-refractivity contribution is 5.99. The average molecular weight is 516 g/mol. The molecule has 0 amide bonds. The Morgan fingerprint density at radius 1 is 0.750 bits per heavy atom. The van der Waals surface area contributed by atoms with E-state index >= 15 is 8.78 Å². The number of hydrogen-bond acceptors (Lipinski definition) is 3. The van der Waals surface area contributed by atoms with E-state index in [4.69, 9.17) is 4.43 Å². The quantitative estimate of drug-likeness (QED) is 0.0968. The van der Waals surface area contributed by atoms with Crippen LogP contribution in [-0.4, -0.2) is 15.4 Å². The maximum Gasteiger partial charge on any atom is 0.284 e. The first-order chi connectivity index (χ1) is 17.1. The van der Waals surface area contributed by atoms with E-state index in [2.05, 4.69) is 10.5 Å². The van der Waals surface area contributed by atoms with Crippen LogP contribution in [0.15, 0.2) is 72.8 Å². The summed E-state index contributed by atoms with van der Waals surface area (Å²) in [6.45, 7) is 0. The summed E-state index contributed by atoms with van der Waals surface area (Å²) in [6.07, 6.45) is 0. The van der Waals surface area contributed by atoms with Crippen molar-refractivity contribution in [2.75, 3.05) is 0 Å². The number of halogens is 6. The molecule has 3 radical (unpaired) electrons. The van der Waals surface area contributed by atoms with Crippen molar-refractivity contribution < 1.29 is 35.7 Å². The highest BCUT2D eigenvalue weighted by Gasteiger charge is 2.46. The van der Waals surface area contributed by atoms with Gasteiger partial charge in [0.2, 0.25) is 10.5 Å². The molecule has 36 heavy (non-hydrogen) atoms. The number of nitro groups is 1. The Hall–Kier alpha value is -3.96. The van der Waals surface area contributed by atoms with Crippen molar-refractivity contribution in [2.24, 2.45) is 0 Å². The van der Waals surface area contributed by atoms with Gasteiger partial charge in [0, 0.05) is 24.3 Å². The highest BCUT2D eigenvalue weighted by atomic mass is 28.2. The van der Waals surface area contributed by atoms with Gasteiger partial charge in [-0.3, -0.25) is 10.1 Å². The molecule has 0 saturated carbocycles. The largest absolute Gasteiger partial charge is 0.401 e. The van der Waals surface area contributed by atoms with Crippen LogP contribution in [0.1, 0.15) is 16.7 Å². The lowest BCUT2D eigenvalue weighted by Crippen LogP contribution is -2.35. The number of benzene rings is 4. The smallest absolute Gasteiger partial charge is 0.284 e. The average Bonchev–Trinajstić information content (AvgIpc) is 2.81. The molecule has 0 aliphatic carbocycles. The minimum absolute atomic E-state index is 0.0512. The van der Waals surface area contributed by atoms with Gasteiger partial charge < -0.3 is 4.43 Å². The van der Waals surface area contributed by atoms with Gasteiger partial charge in [-0.2, -0.15) is 0 Å². The molecule has 181 valence electrons. The van der Waals surface area contributed by atoms with E-state index in [9.17, 15) is 27.7 Å². The second-order valence-corrected chi connectivity index (χ2v) is 7.80. The van der Waals surface area contributed by atoms with Crippen LogP contribution < -0.4 is 0 Å². The third kappa shape index (κ3) is 4.05. The van der Waals surface area contributed by atoms with Crippen LogP contribution in [-0.2, 0) is 10.0 Å². The molecule has 4 aromatic carbocycles. The minimum Gasteiger partial charge on any atom is -0.401 e. The number of hydrogen-bond donors (Lipinski definition) is 0. The second-order valence-electron chi connectivity index (χ2n) is 7.60. The molecule has 11 heteroatoms. The monoisotopic (exact) mass is 516 g/mol. The Kier molecular flexibility index (Phi) is 6.70. The summed E-state index contributed by atoms with van der Waals surface area (Å²) in [5.41, 5.74) is -6.63. The van der Waals surface area contributed by atoms with E-state index in [0.29, 0.717) is 24.3 Å². The minimum atomic E-state index is -2.49. The van der Waals surface area contributed by atoms with E-state index in [-0.39, 0.29) is 5.56 Å². The van der Waals surface area contributed by atoms with Crippen LogP contribution in [0.25, 0.3) is 11.1 Å². The summed E-state index contributed by atoms with van der Waals surface area (Å²) >= 11 is 0. The molecule has 0 fully saturated rings. The molecular weight excluding hydrogens is 504 g/mol. The molecule has 0 bridgehead atoms. The number of rotatable bonds is 6. The molecule has 0 aromatic heterocycles. The summed E-state index contributed by atoms with van der Waals surface area (Å²) in [5.74, 6) is -8.32. The fourth-order valence-electron chi connectivity index (χ4n) is 4.18. The third-order valence-corrected chi connectivity index (χ3v) is 5.87. The molecule has 4 aromatic rings. The first-order valence-electron chi connectivity index (χ1n) is 10.1. The van der Waals surface area contributed by atoms with Gasteiger partial charge in [-0.05, 0) is 17.7 Å². The number of para-hydroxylation sites is 1. The van der Waals surface area contributed by atoms with Crippen molar-refractivity contribution in [3.05, 3.63) is 135 Å². The topological polar surface area (TPSA) is 52.4 Å². The Morgan fingerprint density at radius 2 is 1.28 bits per heavy atom. The SMILES string of the molecule is O=[N+]([O-])c1c(-c2c(F)cc(F)cc2F)cccc1C(O[Si])(c1ccccc1)c1c(F)cc(F)cc1F. The van der Waals surface area contributed by atoms with Crippen LogP contribution in [0.2, 0.25) is 0 Å². The third-order valence-electron chi connectivity index (χ3n) is 5.57. The molecule has 0 N–H and O–H groups in total. The lowest BCUT2D eigenvalue weighted by atomic mass is 9.78. The van der Waals surface area contributed by atoms with Gasteiger partial charge in [0.15, 0.2) is 0 Å². The summed E-state index contributed by atoms with van der Waals surface area (Å²) in [4.78, 5) is 11.3. The van der Waals surface area contributed by atoms with E-state index < -0.39 is 73.4 Å². The van der Waals surface area contributed by atoms with Crippen molar-refractivity contribution >= 4 is 16.2 Å². The Labute approximate surface area is 203 Å². The maximum atomic E-state index is 15.2. The van der Waals surface area contributed by atoms with Crippen LogP contribution in [0, 0.1) is 45.0 Å². The maximum absolute atomic E-state index is 15.2. The van der Waals surface area contributed by atoms with Gasteiger partial charge in [0.05, 0.1) is 27.2 Å². The van der Waals surface area contributed by atoms with Gasteiger partial charge in [0.1, 0.15) is 40.5 Å². The Balaban J connectivity index is 2.20. The molecule has 0 heterocycles. The number of nitrogens with zero attached hydrogens (tertiary/aromatic N) is 1. The van der Waals surface area contributed by atoms with Gasteiger partial charge in [-0.1, -0.05) is 36.4 Å². The van der Waals surface area contributed by atoms with Gasteiger partial charge in [-0.25, -0.2) is 26.3 Å². The zero-order valence-corrected chi connectivity index (χ0v) is 18.9. The highest BCUT2D eigenvalue weighted by Crippen LogP contribution is 2.48. The molecular formula is C25H12F6NO3Si. The molecule has 0 aliphatic rings. The van der Waals surface area contributed by atoms with Crippen LogP contribution in [0.5, 0.6) is 0 Å². The summed E-state index contributed by atoms with van der Waals surface area (Å²) in [7, 11) is 2.79. The lowest BCUT2D eigenvalue weighted by Gasteiger charge is -2.35. The van der Waals surface area contributed by atoms with Crippen molar-refractivity contribution in [3.8, 4) is 11.1 Å². The summed E-state index contributed by atoms with van der Waals surface area (Å²) < 4.78 is 92.4. The molecule has 1 atom stereocenters. The zero-order chi connectivity index (χ0) is 26.2. The van der Waals surface area contributed by atoms with Crippen LogP contribution >= 0.6 is 0 Å². The lowest BCUT2D eigenvalue weighted by molar-refractivity contribution is -0.385. The van der Waals surface area contributed by atoms with Crippen molar-refractivity contribution in [3.63, 3.8) is 0 Å². The fraction of sp³-hybridized carbons (Fsp3) is 0.0400. The van der Waals surface area contributed by atoms with E-state index in [1.54, 1.807) is 6.07 Å². The molecule has 1 unspecified atom stereocenters. The van der Waals surface area contributed by atoms with Crippen LogP contribution in [0.3, 0.4) is 0 Å². The van der Waals surface area contributed by atoms with Gasteiger partial charge in [0.25, 0.3) is 5.69 Å².